The van der Waals surface area contributed by atoms with Crippen LogP contribution in [0.1, 0.15) is 5.56 Å². The molecule has 126 valence electrons. The molecular weight excluding hydrogens is 334 g/mol. The summed E-state index contributed by atoms with van der Waals surface area (Å²) in [6.45, 7) is 4.12. The van der Waals surface area contributed by atoms with Crippen LogP contribution in [0.15, 0.2) is 71.2 Å². The lowest BCUT2D eigenvalue weighted by atomic mass is 10.2. The molecule has 0 unspecified atom stereocenters. The van der Waals surface area contributed by atoms with E-state index in [1.165, 1.54) is 11.8 Å². The maximum absolute atomic E-state index is 12.7. The van der Waals surface area contributed by atoms with E-state index in [4.69, 9.17) is 4.74 Å². The SMILES string of the molecule is C=CCN1C(=O)/C(=C/c2cccc(OC)c2)S/C1=N/c1ccccn1. The largest absolute Gasteiger partial charge is 0.497 e. The highest BCUT2D eigenvalue weighted by Crippen LogP contribution is 2.34. The summed E-state index contributed by atoms with van der Waals surface area (Å²) in [7, 11) is 1.62. The molecule has 0 aliphatic carbocycles. The molecule has 1 saturated heterocycles. The van der Waals surface area contributed by atoms with E-state index < -0.39 is 0 Å². The molecule has 0 spiro atoms. The first-order chi connectivity index (χ1) is 12.2. The summed E-state index contributed by atoms with van der Waals surface area (Å²) >= 11 is 1.33. The molecule has 2 heterocycles. The molecule has 2 aromatic rings. The number of rotatable bonds is 5. The van der Waals surface area contributed by atoms with E-state index in [1.807, 2.05) is 42.5 Å². The molecule has 1 amide bonds. The van der Waals surface area contributed by atoms with Gasteiger partial charge in [0, 0.05) is 12.7 Å². The summed E-state index contributed by atoms with van der Waals surface area (Å²) in [4.78, 5) is 23.6. The van der Waals surface area contributed by atoms with Gasteiger partial charge in [-0.3, -0.25) is 9.69 Å². The number of pyridine rings is 1. The Kier molecular flexibility index (Phi) is 5.30. The van der Waals surface area contributed by atoms with E-state index in [2.05, 4.69) is 16.6 Å². The van der Waals surface area contributed by atoms with Gasteiger partial charge in [-0.25, -0.2) is 9.98 Å². The number of carbonyl (C=O) groups excluding carboxylic acids is 1. The van der Waals surface area contributed by atoms with Crippen molar-refractivity contribution in [2.24, 2.45) is 4.99 Å². The number of methoxy groups -OCH3 is 1. The summed E-state index contributed by atoms with van der Waals surface area (Å²) in [5, 5.41) is 0.595. The third-order valence-corrected chi connectivity index (χ3v) is 4.46. The second kappa shape index (κ2) is 7.81. The van der Waals surface area contributed by atoms with Crippen LogP contribution in [-0.2, 0) is 4.79 Å². The number of carbonyl (C=O) groups is 1. The van der Waals surface area contributed by atoms with Gasteiger partial charge in [-0.05, 0) is 47.7 Å². The molecule has 25 heavy (non-hydrogen) atoms. The number of aliphatic imine (C=N–C) groups is 1. The molecule has 0 radical (unpaired) electrons. The monoisotopic (exact) mass is 351 g/mol. The molecule has 0 N–H and O–H groups in total. The number of aromatic nitrogens is 1. The van der Waals surface area contributed by atoms with Crippen molar-refractivity contribution in [1.29, 1.82) is 0 Å². The maximum atomic E-state index is 12.7. The topological polar surface area (TPSA) is 54.8 Å². The third-order valence-electron chi connectivity index (χ3n) is 3.45. The van der Waals surface area contributed by atoms with E-state index in [0.717, 1.165) is 11.3 Å². The molecule has 6 heteroatoms. The van der Waals surface area contributed by atoms with E-state index in [1.54, 1.807) is 30.3 Å². The Morgan fingerprint density at radius 1 is 1.32 bits per heavy atom. The van der Waals surface area contributed by atoms with Crippen LogP contribution in [0.2, 0.25) is 0 Å². The third kappa shape index (κ3) is 3.97. The van der Waals surface area contributed by atoms with Crippen LogP contribution in [0.5, 0.6) is 5.75 Å². The predicted octanol–water partition coefficient (Wildman–Crippen LogP) is 3.88. The molecule has 0 bridgehead atoms. The lowest BCUT2D eigenvalue weighted by Crippen LogP contribution is -2.29. The molecule has 3 rings (SSSR count). The Morgan fingerprint density at radius 3 is 2.92 bits per heavy atom. The van der Waals surface area contributed by atoms with E-state index in [9.17, 15) is 4.79 Å². The number of ether oxygens (including phenoxy) is 1. The molecule has 5 nitrogen and oxygen atoms in total. The van der Waals surface area contributed by atoms with Crippen LogP contribution in [-0.4, -0.2) is 34.6 Å². The van der Waals surface area contributed by atoms with E-state index in [0.29, 0.717) is 22.4 Å². The Bertz CT molecular complexity index is 847. The minimum Gasteiger partial charge on any atom is -0.497 e. The molecule has 0 saturated carbocycles. The second-order valence-corrected chi connectivity index (χ2v) is 6.18. The van der Waals surface area contributed by atoms with Crippen molar-refractivity contribution in [3.05, 3.63) is 71.8 Å². The Labute approximate surface area is 150 Å². The molecule has 1 aliphatic rings. The van der Waals surface area contributed by atoms with Gasteiger partial charge in [0.05, 0.1) is 12.0 Å². The first-order valence-corrected chi connectivity index (χ1v) is 8.49. The summed E-state index contributed by atoms with van der Waals surface area (Å²) in [6, 6.07) is 13.0. The van der Waals surface area contributed by atoms with Gasteiger partial charge in [0.15, 0.2) is 11.0 Å². The number of nitrogens with zero attached hydrogens (tertiary/aromatic N) is 3. The van der Waals surface area contributed by atoms with Crippen molar-refractivity contribution in [2.75, 3.05) is 13.7 Å². The predicted molar refractivity (Wildman–Crippen MR) is 102 cm³/mol. The Hall–Kier alpha value is -2.86. The van der Waals surface area contributed by atoms with Gasteiger partial charge in [-0.15, -0.1) is 6.58 Å². The van der Waals surface area contributed by atoms with Gasteiger partial charge >= 0.3 is 0 Å². The average molecular weight is 351 g/mol. The quantitative estimate of drug-likeness (QED) is 0.606. The standard InChI is InChI=1S/C19H17N3O2S/c1-3-11-22-18(23)16(13-14-7-6-8-15(12-14)24-2)25-19(22)21-17-9-4-5-10-20-17/h3-10,12-13H,1,11H2,2H3/b16-13-,21-19+. The van der Waals surface area contributed by atoms with Crippen molar-refractivity contribution in [1.82, 2.24) is 9.88 Å². The van der Waals surface area contributed by atoms with Gasteiger partial charge in [0.2, 0.25) is 0 Å². The smallest absolute Gasteiger partial charge is 0.267 e. The van der Waals surface area contributed by atoms with E-state index >= 15 is 0 Å². The van der Waals surface area contributed by atoms with Crippen LogP contribution >= 0.6 is 11.8 Å². The number of amides is 1. The first-order valence-electron chi connectivity index (χ1n) is 7.67. The Balaban J connectivity index is 1.94. The summed E-state index contributed by atoms with van der Waals surface area (Å²) < 4.78 is 5.23. The number of amidine groups is 1. The number of benzene rings is 1. The van der Waals surface area contributed by atoms with Gasteiger partial charge in [-0.2, -0.15) is 0 Å². The van der Waals surface area contributed by atoms with Crippen molar-refractivity contribution in [2.45, 2.75) is 0 Å². The van der Waals surface area contributed by atoms with Gasteiger partial charge < -0.3 is 4.74 Å². The summed E-state index contributed by atoms with van der Waals surface area (Å²) in [6.07, 6.45) is 5.19. The van der Waals surface area contributed by atoms with Crippen LogP contribution in [0, 0.1) is 0 Å². The Morgan fingerprint density at radius 2 is 2.20 bits per heavy atom. The van der Waals surface area contributed by atoms with Gasteiger partial charge in [-0.1, -0.05) is 24.3 Å². The molecule has 1 fully saturated rings. The average Bonchev–Trinajstić information content (AvgIpc) is 2.92. The lowest BCUT2D eigenvalue weighted by Gasteiger charge is -2.12. The molecule has 1 aliphatic heterocycles. The zero-order chi connectivity index (χ0) is 17.6. The zero-order valence-corrected chi connectivity index (χ0v) is 14.6. The van der Waals surface area contributed by atoms with Crippen LogP contribution in [0.4, 0.5) is 5.82 Å². The maximum Gasteiger partial charge on any atom is 0.267 e. The van der Waals surface area contributed by atoms with Crippen molar-refractivity contribution < 1.29 is 9.53 Å². The fourth-order valence-electron chi connectivity index (χ4n) is 2.28. The first kappa shape index (κ1) is 17.0. The lowest BCUT2D eigenvalue weighted by molar-refractivity contribution is -0.121. The highest BCUT2D eigenvalue weighted by atomic mass is 32.2. The van der Waals surface area contributed by atoms with Crippen molar-refractivity contribution in [3.8, 4) is 5.75 Å². The minimum atomic E-state index is -0.0950. The number of hydrogen-bond donors (Lipinski definition) is 0. The molecule has 1 aromatic heterocycles. The number of thioether (sulfide) groups is 1. The fraction of sp³-hybridized carbons (Fsp3) is 0.105. The van der Waals surface area contributed by atoms with E-state index in [-0.39, 0.29) is 5.91 Å². The zero-order valence-electron chi connectivity index (χ0n) is 13.8. The van der Waals surface area contributed by atoms with Gasteiger partial charge in [0.1, 0.15) is 5.75 Å². The molecule has 1 aromatic carbocycles. The number of hydrogen-bond acceptors (Lipinski definition) is 5. The normalized spacial score (nSPS) is 17.3. The van der Waals surface area contributed by atoms with Crippen LogP contribution in [0.25, 0.3) is 6.08 Å². The van der Waals surface area contributed by atoms with Crippen molar-refractivity contribution in [3.63, 3.8) is 0 Å². The van der Waals surface area contributed by atoms with Gasteiger partial charge in [0.25, 0.3) is 5.91 Å². The highest BCUT2D eigenvalue weighted by Gasteiger charge is 2.32. The fourth-order valence-corrected chi connectivity index (χ4v) is 3.28. The van der Waals surface area contributed by atoms with Crippen LogP contribution in [0.3, 0.4) is 0 Å². The van der Waals surface area contributed by atoms with Crippen molar-refractivity contribution >= 4 is 34.7 Å². The molecular formula is C19H17N3O2S. The summed E-state index contributed by atoms with van der Waals surface area (Å²) in [5.41, 5.74) is 0.896. The minimum absolute atomic E-state index is 0.0950. The van der Waals surface area contributed by atoms with Crippen LogP contribution < -0.4 is 4.74 Å². The summed E-state index contributed by atoms with van der Waals surface area (Å²) in [5.74, 6) is 1.21. The highest BCUT2D eigenvalue weighted by molar-refractivity contribution is 8.18. The molecule has 0 atom stereocenters. The second-order valence-electron chi connectivity index (χ2n) is 5.17.